The highest BCUT2D eigenvalue weighted by Crippen LogP contribution is 2.26. The van der Waals surface area contributed by atoms with Crippen LogP contribution in [0.1, 0.15) is 10.4 Å². The van der Waals surface area contributed by atoms with Gasteiger partial charge in [-0.2, -0.15) is 0 Å². The van der Waals surface area contributed by atoms with Crippen LogP contribution in [-0.2, 0) is 0 Å². The van der Waals surface area contributed by atoms with Crippen LogP contribution in [0.2, 0.25) is 0 Å². The molecule has 1 aromatic rings. The second-order valence-corrected chi connectivity index (χ2v) is 4.01. The number of aromatic carboxylic acids is 1. The fraction of sp³-hybridized carbons (Fsp3) is 0.125. The topological polar surface area (TPSA) is 37.3 Å². The van der Waals surface area contributed by atoms with Crippen molar-refractivity contribution in [3.63, 3.8) is 0 Å². The zero-order valence-corrected chi connectivity index (χ0v) is 9.08. The molecule has 0 aliphatic carbocycles. The maximum absolute atomic E-state index is 13.1. The number of carbonyl (C=O) groups is 1. The van der Waals surface area contributed by atoms with Gasteiger partial charge in [-0.05, 0) is 34.3 Å². The molecule has 70 valence electrons. The lowest BCUT2D eigenvalue weighted by molar-refractivity contribution is 0.0691. The van der Waals surface area contributed by atoms with Crippen LogP contribution < -0.4 is 0 Å². The molecular formula is C8H6BrFO2S. The van der Waals surface area contributed by atoms with E-state index in [0.29, 0.717) is 4.90 Å². The summed E-state index contributed by atoms with van der Waals surface area (Å²) < 4.78 is 13.3. The van der Waals surface area contributed by atoms with Crippen LogP contribution in [0.25, 0.3) is 0 Å². The molecule has 0 unspecified atom stereocenters. The molecule has 0 saturated carbocycles. The van der Waals surface area contributed by atoms with Gasteiger partial charge < -0.3 is 5.11 Å². The molecular weight excluding hydrogens is 259 g/mol. The van der Waals surface area contributed by atoms with Gasteiger partial charge in [0, 0.05) is 4.90 Å². The standard InChI is InChI=1S/C8H6BrFO2S/c1-13-4-2-5(8(11)12)7(10)6(9)3-4/h2-3H,1H3,(H,11,12). The Hall–Kier alpha value is -0.550. The number of carboxylic acid groups (broad SMARTS) is 1. The molecule has 1 aromatic carbocycles. The van der Waals surface area contributed by atoms with Gasteiger partial charge in [0.2, 0.25) is 0 Å². The van der Waals surface area contributed by atoms with Gasteiger partial charge in [-0.1, -0.05) is 0 Å². The first-order valence-electron chi connectivity index (χ1n) is 3.32. The lowest BCUT2D eigenvalue weighted by atomic mass is 10.2. The first-order chi connectivity index (χ1) is 6.06. The molecule has 1 N–H and O–H groups in total. The van der Waals surface area contributed by atoms with E-state index in [4.69, 9.17) is 5.11 Å². The fourth-order valence-corrected chi connectivity index (χ4v) is 1.92. The fourth-order valence-electron chi connectivity index (χ4n) is 0.838. The molecule has 0 spiro atoms. The van der Waals surface area contributed by atoms with Gasteiger partial charge in [-0.3, -0.25) is 0 Å². The van der Waals surface area contributed by atoms with Crippen LogP contribution in [0.15, 0.2) is 21.5 Å². The predicted molar refractivity (Wildman–Crippen MR) is 52.8 cm³/mol. The smallest absolute Gasteiger partial charge is 0.338 e. The third-order valence-corrected chi connectivity index (χ3v) is 2.75. The Kier molecular flexibility index (Phi) is 3.33. The Labute approximate surface area is 87.3 Å². The number of carboxylic acids is 1. The summed E-state index contributed by atoms with van der Waals surface area (Å²) in [7, 11) is 0. The summed E-state index contributed by atoms with van der Waals surface area (Å²) >= 11 is 4.32. The molecule has 0 amide bonds. The van der Waals surface area contributed by atoms with Crippen molar-refractivity contribution >= 4 is 33.7 Å². The highest BCUT2D eigenvalue weighted by Gasteiger charge is 2.14. The predicted octanol–water partition coefficient (Wildman–Crippen LogP) is 3.01. The van der Waals surface area contributed by atoms with E-state index >= 15 is 0 Å². The molecule has 13 heavy (non-hydrogen) atoms. The molecule has 0 radical (unpaired) electrons. The Morgan fingerprint density at radius 1 is 1.62 bits per heavy atom. The Bertz CT molecular complexity index is 354. The van der Waals surface area contributed by atoms with Gasteiger partial charge in [0.25, 0.3) is 0 Å². The van der Waals surface area contributed by atoms with Crippen LogP contribution in [0.3, 0.4) is 0 Å². The zero-order valence-electron chi connectivity index (χ0n) is 6.67. The van der Waals surface area contributed by atoms with Gasteiger partial charge in [0.15, 0.2) is 5.82 Å². The number of rotatable bonds is 2. The van der Waals surface area contributed by atoms with E-state index in [9.17, 15) is 9.18 Å². The minimum Gasteiger partial charge on any atom is -0.478 e. The van der Waals surface area contributed by atoms with Gasteiger partial charge in [0.05, 0.1) is 10.0 Å². The van der Waals surface area contributed by atoms with Crippen molar-refractivity contribution in [2.75, 3.05) is 6.26 Å². The lowest BCUT2D eigenvalue weighted by Gasteiger charge is -2.02. The van der Waals surface area contributed by atoms with E-state index in [-0.39, 0.29) is 10.0 Å². The van der Waals surface area contributed by atoms with Crippen LogP contribution in [0, 0.1) is 5.82 Å². The lowest BCUT2D eigenvalue weighted by Crippen LogP contribution is -2.01. The summed E-state index contributed by atoms with van der Waals surface area (Å²) in [6, 6.07) is 2.86. The largest absolute Gasteiger partial charge is 0.478 e. The second kappa shape index (κ2) is 4.11. The molecule has 0 aliphatic heterocycles. The molecule has 0 bridgehead atoms. The first kappa shape index (κ1) is 10.5. The molecule has 1 rings (SSSR count). The van der Waals surface area contributed by atoms with Crippen molar-refractivity contribution in [1.82, 2.24) is 0 Å². The van der Waals surface area contributed by atoms with Crippen molar-refractivity contribution in [2.24, 2.45) is 0 Å². The third-order valence-electron chi connectivity index (χ3n) is 1.47. The third kappa shape index (κ3) is 2.22. The van der Waals surface area contributed by atoms with E-state index in [1.165, 1.54) is 17.8 Å². The van der Waals surface area contributed by atoms with E-state index in [1.807, 2.05) is 0 Å². The van der Waals surface area contributed by atoms with Crippen molar-refractivity contribution in [3.8, 4) is 0 Å². The monoisotopic (exact) mass is 264 g/mol. The number of thioether (sulfide) groups is 1. The van der Waals surface area contributed by atoms with E-state index in [1.54, 1.807) is 12.3 Å². The highest BCUT2D eigenvalue weighted by molar-refractivity contribution is 9.10. The van der Waals surface area contributed by atoms with Crippen molar-refractivity contribution in [2.45, 2.75) is 4.90 Å². The molecule has 0 aliphatic rings. The second-order valence-electron chi connectivity index (χ2n) is 2.28. The Balaban J connectivity index is 3.33. The van der Waals surface area contributed by atoms with Gasteiger partial charge in [0.1, 0.15) is 0 Å². The summed E-state index contributed by atoms with van der Waals surface area (Å²) in [5.41, 5.74) is -0.307. The Morgan fingerprint density at radius 2 is 2.23 bits per heavy atom. The average Bonchev–Trinajstić information content (AvgIpc) is 2.09. The molecule has 0 heterocycles. The number of halogens is 2. The first-order valence-corrected chi connectivity index (χ1v) is 5.34. The maximum Gasteiger partial charge on any atom is 0.338 e. The average molecular weight is 265 g/mol. The molecule has 0 saturated heterocycles. The van der Waals surface area contributed by atoms with Gasteiger partial charge in [-0.25, -0.2) is 9.18 Å². The minimum absolute atomic E-state index is 0.178. The SMILES string of the molecule is CSc1cc(Br)c(F)c(C(=O)O)c1. The Morgan fingerprint density at radius 3 is 2.69 bits per heavy atom. The highest BCUT2D eigenvalue weighted by atomic mass is 79.9. The maximum atomic E-state index is 13.1. The minimum atomic E-state index is -1.26. The molecule has 0 aromatic heterocycles. The molecule has 2 nitrogen and oxygen atoms in total. The van der Waals surface area contributed by atoms with E-state index in [2.05, 4.69) is 15.9 Å². The normalized spacial score (nSPS) is 10.1. The van der Waals surface area contributed by atoms with Crippen LogP contribution in [0.4, 0.5) is 4.39 Å². The molecule has 0 fully saturated rings. The number of benzene rings is 1. The van der Waals surface area contributed by atoms with Crippen LogP contribution >= 0.6 is 27.7 Å². The van der Waals surface area contributed by atoms with Crippen molar-refractivity contribution in [3.05, 3.63) is 28.0 Å². The van der Waals surface area contributed by atoms with Gasteiger partial charge in [-0.15, -0.1) is 11.8 Å². The number of hydrogen-bond acceptors (Lipinski definition) is 2. The zero-order chi connectivity index (χ0) is 10.0. The summed E-state index contributed by atoms with van der Waals surface area (Å²) in [5.74, 6) is -1.99. The van der Waals surface area contributed by atoms with E-state index < -0.39 is 11.8 Å². The van der Waals surface area contributed by atoms with Crippen molar-refractivity contribution < 1.29 is 14.3 Å². The summed E-state index contributed by atoms with van der Waals surface area (Å²) in [6.07, 6.45) is 1.80. The quantitative estimate of drug-likeness (QED) is 0.835. The van der Waals surface area contributed by atoms with Crippen LogP contribution in [0.5, 0.6) is 0 Å². The summed E-state index contributed by atoms with van der Waals surface area (Å²) in [5, 5.41) is 8.64. The van der Waals surface area contributed by atoms with Crippen LogP contribution in [-0.4, -0.2) is 17.3 Å². The molecule has 0 atom stereocenters. The van der Waals surface area contributed by atoms with E-state index in [0.717, 1.165) is 0 Å². The van der Waals surface area contributed by atoms with Crippen molar-refractivity contribution in [1.29, 1.82) is 0 Å². The van der Waals surface area contributed by atoms with Gasteiger partial charge >= 0.3 is 5.97 Å². The summed E-state index contributed by atoms with van der Waals surface area (Å²) in [4.78, 5) is 11.3. The number of hydrogen-bond donors (Lipinski definition) is 1. The summed E-state index contributed by atoms with van der Waals surface area (Å²) in [6.45, 7) is 0. The molecule has 5 heteroatoms.